The number of hydrogen-bond acceptors (Lipinski definition) is 2. The van der Waals surface area contributed by atoms with E-state index in [1.165, 1.54) is 43.4 Å². The molecule has 19 heavy (non-hydrogen) atoms. The first-order valence-electron chi connectivity index (χ1n) is 7.41. The van der Waals surface area contributed by atoms with Crippen LogP contribution in [0, 0.1) is 5.92 Å². The van der Waals surface area contributed by atoms with Crippen molar-refractivity contribution in [2.75, 3.05) is 13.1 Å². The second-order valence-electron chi connectivity index (χ2n) is 5.32. The Morgan fingerprint density at radius 2 is 2.21 bits per heavy atom. The van der Waals surface area contributed by atoms with Crippen LogP contribution in [0.15, 0.2) is 22.5 Å². The van der Waals surface area contributed by atoms with Gasteiger partial charge in [0.1, 0.15) is 0 Å². The molecule has 3 N–H and O–H groups in total. The van der Waals surface area contributed by atoms with E-state index >= 15 is 0 Å². The van der Waals surface area contributed by atoms with Crippen molar-refractivity contribution < 1.29 is 0 Å². The van der Waals surface area contributed by atoms with E-state index in [1.54, 1.807) is 11.3 Å². The molecular weight excluding hydrogens is 254 g/mol. The number of guanidine groups is 1. The minimum Gasteiger partial charge on any atom is -0.370 e. The highest BCUT2D eigenvalue weighted by Crippen LogP contribution is 2.25. The van der Waals surface area contributed by atoms with Crippen LogP contribution in [-0.4, -0.2) is 19.0 Å². The average Bonchev–Trinajstić information content (AvgIpc) is 2.93. The van der Waals surface area contributed by atoms with Gasteiger partial charge in [-0.15, -0.1) is 11.3 Å². The third-order valence-electron chi connectivity index (χ3n) is 3.80. The first-order chi connectivity index (χ1) is 9.34. The maximum Gasteiger partial charge on any atom is 0.188 e. The number of nitrogens with zero attached hydrogens (tertiary/aromatic N) is 1. The molecule has 1 aromatic heterocycles. The normalized spacial score (nSPS) is 17.6. The fraction of sp³-hybridized carbons (Fsp3) is 0.667. The minimum absolute atomic E-state index is 0.604. The molecule has 1 aromatic rings. The third kappa shape index (κ3) is 5.64. The van der Waals surface area contributed by atoms with Gasteiger partial charge in [-0.25, -0.2) is 0 Å². The molecule has 0 aliphatic heterocycles. The highest BCUT2D eigenvalue weighted by atomic mass is 32.1. The molecule has 0 unspecified atom stereocenters. The number of hydrogen-bond donors (Lipinski definition) is 2. The second-order valence-corrected chi connectivity index (χ2v) is 6.35. The van der Waals surface area contributed by atoms with Gasteiger partial charge in [0.25, 0.3) is 0 Å². The Morgan fingerprint density at radius 3 is 2.95 bits per heavy atom. The zero-order chi connectivity index (χ0) is 13.3. The smallest absolute Gasteiger partial charge is 0.188 e. The lowest BCUT2D eigenvalue weighted by molar-refractivity contribution is 0.343. The molecule has 0 atom stereocenters. The summed E-state index contributed by atoms with van der Waals surface area (Å²) in [5.74, 6) is 1.49. The Hall–Kier alpha value is -1.03. The molecule has 106 valence electrons. The van der Waals surface area contributed by atoms with Gasteiger partial charge >= 0.3 is 0 Å². The predicted octanol–water partition coefficient (Wildman–Crippen LogP) is 3.17. The van der Waals surface area contributed by atoms with Crippen LogP contribution in [-0.2, 0) is 6.42 Å². The SMILES string of the molecule is NC(=NCCC1CCCCC1)NCCc1cccs1. The first kappa shape index (κ1) is 14.4. The van der Waals surface area contributed by atoms with E-state index in [0.29, 0.717) is 5.96 Å². The highest BCUT2D eigenvalue weighted by Gasteiger charge is 2.12. The summed E-state index contributed by atoms with van der Waals surface area (Å²) in [7, 11) is 0. The first-order valence-corrected chi connectivity index (χ1v) is 8.29. The van der Waals surface area contributed by atoms with Crippen LogP contribution in [0.5, 0.6) is 0 Å². The van der Waals surface area contributed by atoms with Gasteiger partial charge in [-0.2, -0.15) is 0 Å². The van der Waals surface area contributed by atoms with Gasteiger partial charge < -0.3 is 11.1 Å². The summed E-state index contributed by atoms with van der Waals surface area (Å²) in [6.07, 6.45) is 9.24. The molecule has 0 spiro atoms. The van der Waals surface area contributed by atoms with Gasteiger partial charge in [0, 0.05) is 18.0 Å². The highest BCUT2D eigenvalue weighted by molar-refractivity contribution is 7.09. The molecule has 1 fully saturated rings. The van der Waals surface area contributed by atoms with E-state index in [9.17, 15) is 0 Å². The zero-order valence-corrected chi connectivity index (χ0v) is 12.4. The van der Waals surface area contributed by atoms with Crippen molar-refractivity contribution in [3.05, 3.63) is 22.4 Å². The Labute approximate surface area is 120 Å². The van der Waals surface area contributed by atoms with Gasteiger partial charge in [-0.3, -0.25) is 4.99 Å². The maximum absolute atomic E-state index is 5.87. The van der Waals surface area contributed by atoms with E-state index in [2.05, 4.69) is 27.8 Å². The summed E-state index contributed by atoms with van der Waals surface area (Å²) in [6, 6.07) is 4.24. The Morgan fingerprint density at radius 1 is 1.37 bits per heavy atom. The molecule has 1 saturated carbocycles. The molecule has 4 heteroatoms. The number of nitrogens with two attached hydrogens (primary N) is 1. The zero-order valence-electron chi connectivity index (χ0n) is 11.6. The van der Waals surface area contributed by atoms with Crippen molar-refractivity contribution in [1.29, 1.82) is 0 Å². The van der Waals surface area contributed by atoms with Gasteiger partial charge in [-0.1, -0.05) is 38.2 Å². The summed E-state index contributed by atoms with van der Waals surface area (Å²) in [5.41, 5.74) is 5.87. The van der Waals surface area contributed by atoms with Crippen LogP contribution in [0.4, 0.5) is 0 Å². The summed E-state index contributed by atoms with van der Waals surface area (Å²) in [5, 5.41) is 5.30. The van der Waals surface area contributed by atoms with Gasteiger partial charge in [0.2, 0.25) is 0 Å². The maximum atomic E-state index is 5.87. The van der Waals surface area contributed by atoms with Gasteiger partial charge in [0.05, 0.1) is 0 Å². The molecule has 2 rings (SSSR count). The van der Waals surface area contributed by atoms with Crippen molar-refractivity contribution in [2.24, 2.45) is 16.6 Å². The lowest BCUT2D eigenvalue weighted by atomic mass is 9.87. The Balaban J connectivity index is 1.56. The van der Waals surface area contributed by atoms with Crippen molar-refractivity contribution in [1.82, 2.24) is 5.32 Å². The Kier molecular flexibility index (Phi) is 6.21. The van der Waals surface area contributed by atoms with Crippen molar-refractivity contribution in [3.63, 3.8) is 0 Å². The lowest BCUT2D eigenvalue weighted by Gasteiger charge is -2.20. The monoisotopic (exact) mass is 279 g/mol. The van der Waals surface area contributed by atoms with E-state index in [4.69, 9.17) is 5.73 Å². The number of thiophene rings is 1. The fourth-order valence-corrected chi connectivity index (χ4v) is 3.38. The van der Waals surface area contributed by atoms with Crippen LogP contribution in [0.2, 0.25) is 0 Å². The molecule has 1 aliphatic rings. The number of rotatable bonds is 6. The minimum atomic E-state index is 0.604. The van der Waals surface area contributed by atoms with E-state index in [1.807, 2.05) is 0 Å². The number of aliphatic imine (C=N–C) groups is 1. The largest absolute Gasteiger partial charge is 0.370 e. The topological polar surface area (TPSA) is 50.4 Å². The lowest BCUT2D eigenvalue weighted by Crippen LogP contribution is -2.33. The summed E-state index contributed by atoms with van der Waals surface area (Å²) in [4.78, 5) is 5.82. The molecule has 0 radical (unpaired) electrons. The fourth-order valence-electron chi connectivity index (χ4n) is 2.67. The summed E-state index contributed by atoms with van der Waals surface area (Å²) in [6.45, 7) is 1.75. The van der Waals surface area contributed by atoms with Crippen LogP contribution in [0.3, 0.4) is 0 Å². The van der Waals surface area contributed by atoms with Gasteiger partial charge in [0.15, 0.2) is 5.96 Å². The Bertz CT molecular complexity index is 367. The molecule has 0 bridgehead atoms. The average molecular weight is 279 g/mol. The van der Waals surface area contributed by atoms with Crippen LogP contribution in [0.25, 0.3) is 0 Å². The van der Waals surface area contributed by atoms with E-state index < -0.39 is 0 Å². The summed E-state index contributed by atoms with van der Waals surface area (Å²) >= 11 is 1.79. The van der Waals surface area contributed by atoms with Crippen LogP contribution >= 0.6 is 11.3 Å². The summed E-state index contributed by atoms with van der Waals surface area (Å²) < 4.78 is 0. The van der Waals surface area contributed by atoms with Crippen molar-refractivity contribution in [2.45, 2.75) is 44.9 Å². The molecule has 0 amide bonds. The molecule has 1 aliphatic carbocycles. The van der Waals surface area contributed by atoms with Crippen molar-refractivity contribution in [3.8, 4) is 0 Å². The molecule has 0 aromatic carbocycles. The molecule has 1 heterocycles. The van der Waals surface area contributed by atoms with E-state index in [0.717, 1.165) is 25.4 Å². The van der Waals surface area contributed by atoms with Crippen LogP contribution < -0.4 is 11.1 Å². The standard InChI is InChI=1S/C15H25N3S/c16-15(18-11-9-14-7-4-12-19-14)17-10-8-13-5-2-1-3-6-13/h4,7,12-13H,1-3,5-6,8-11H2,(H3,16,17,18). The third-order valence-corrected chi connectivity index (χ3v) is 4.74. The number of nitrogens with one attached hydrogen (secondary N) is 1. The van der Waals surface area contributed by atoms with Crippen LogP contribution in [0.1, 0.15) is 43.4 Å². The molecule has 3 nitrogen and oxygen atoms in total. The molecule has 0 saturated heterocycles. The molecular formula is C15H25N3S. The second kappa shape index (κ2) is 8.20. The van der Waals surface area contributed by atoms with E-state index in [-0.39, 0.29) is 0 Å². The predicted molar refractivity (Wildman–Crippen MR) is 83.7 cm³/mol. The quantitative estimate of drug-likeness (QED) is 0.621. The van der Waals surface area contributed by atoms with Gasteiger partial charge in [-0.05, 0) is 30.2 Å². The van der Waals surface area contributed by atoms with Crippen molar-refractivity contribution >= 4 is 17.3 Å².